The first-order chi connectivity index (χ1) is 10.00. The van der Waals surface area contributed by atoms with Gasteiger partial charge in [0.1, 0.15) is 0 Å². The van der Waals surface area contributed by atoms with E-state index < -0.39 is 5.54 Å². The molecule has 0 radical (unpaired) electrons. The number of ether oxygens (including phenoxy) is 2. The highest BCUT2D eigenvalue weighted by Gasteiger charge is 2.37. The van der Waals surface area contributed by atoms with E-state index in [9.17, 15) is 4.79 Å². The normalized spacial score (nSPS) is 17.3. The van der Waals surface area contributed by atoms with Gasteiger partial charge in [-0.25, -0.2) is 0 Å². The van der Waals surface area contributed by atoms with Crippen LogP contribution in [-0.4, -0.2) is 25.7 Å². The first-order valence-electron chi connectivity index (χ1n) is 7.32. The molecule has 0 aromatic heterocycles. The maximum Gasteiger partial charge on any atom is 0.240 e. The number of hydrogen-bond acceptors (Lipinski definition) is 4. The third kappa shape index (κ3) is 3.84. The van der Waals surface area contributed by atoms with Crippen LogP contribution in [0.2, 0.25) is 0 Å². The van der Waals surface area contributed by atoms with Gasteiger partial charge in [-0.15, -0.1) is 12.4 Å². The van der Waals surface area contributed by atoms with Crippen LogP contribution in [0.5, 0.6) is 11.5 Å². The Morgan fingerprint density at radius 3 is 2.36 bits per heavy atom. The molecule has 0 spiro atoms. The zero-order valence-electron chi connectivity index (χ0n) is 13.3. The number of nitrogens with two attached hydrogens (primary N) is 1. The molecule has 1 aromatic carbocycles. The summed E-state index contributed by atoms with van der Waals surface area (Å²) in [6.07, 6.45) is 3.57. The minimum absolute atomic E-state index is 0. The first kappa shape index (κ1) is 18.6. The fourth-order valence-electron chi connectivity index (χ4n) is 2.78. The summed E-state index contributed by atoms with van der Waals surface area (Å²) in [5.41, 5.74) is 6.43. The molecule has 0 aliphatic heterocycles. The molecule has 0 saturated heterocycles. The molecule has 1 fully saturated rings. The number of amides is 1. The molecule has 0 bridgehead atoms. The van der Waals surface area contributed by atoms with Gasteiger partial charge in [0.2, 0.25) is 5.91 Å². The molecule has 5 nitrogen and oxygen atoms in total. The van der Waals surface area contributed by atoms with Gasteiger partial charge >= 0.3 is 0 Å². The van der Waals surface area contributed by atoms with E-state index in [-0.39, 0.29) is 24.4 Å². The van der Waals surface area contributed by atoms with E-state index >= 15 is 0 Å². The van der Waals surface area contributed by atoms with E-state index in [1.165, 1.54) is 0 Å². The Labute approximate surface area is 138 Å². The van der Waals surface area contributed by atoms with E-state index in [1.807, 2.05) is 25.1 Å². The summed E-state index contributed by atoms with van der Waals surface area (Å²) in [5, 5.41) is 3.01. The van der Waals surface area contributed by atoms with Gasteiger partial charge in [-0.3, -0.25) is 4.79 Å². The quantitative estimate of drug-likeness (QED) is 0.871. The number of methoxy groups -OCH3 is 2. The number of carbonyl (C=O) groups excluding carboxylic acids is 1. The van der Waals surface area contributed by atoms with Crippen LogP contribution in [0.3, 0.4) is 0 Å². The maximum absolute atomic E-state index is 12.3. The second kappa shape index (κ2) is 7.70. The molecule has 1 saturated carbocycles. The van der Waals surface area contributed by atoms with E-state index in [4.69, 9.17) is 15.2 Å². The fourth-order valence-corrected chi connectivity index (χ4v) is 2.78. The van der Waals surface area contributed by atoms with Gasteiger partial charge in [-0.2, -0.15) is 0 Å². The molecule has 1 aliphatic rings. The van der Waals surface area contributed by atoms with Crippen molar-refractivity contribution in [2.75, 3.05) is 14.2 Å². The van der Waals surface area contributed by atoms with Crippen LogP contribution in [0.15, 0.2) is 18.2 Å². The van der Waals surface area contributed by atoms with E-state index in [0.717, 1.165) is 31.2 Å². The summed E-state index contributed by atoms with van der Waals surface area (Å²) in [6.45, 7) is 1.94. The molecule has 0 heterocycles. The highest BCUT2D eigenvalue weighted by Crippen LogP contribution is 2.31. The molecule has 1 aliphatic carbocycles. The van der Waals surface area contributed by atoms with Crippen LogP contribution in [-0.2, 0) is 4.79 Å². The van der Waals surface area contributed by atoms with E-state index in [1.54, 1.807) is 14.2 Å². The maximum atomic E-state index is 12.3. The highest BCUT2D eigenvalue weighted by atomic mass is 35.5. The Morgan fingerprint density at radius 1 is 1.23 bits per heavy atom. The predicted octanol–water partition coefficient (Wildman–Crippen LogP) is 2.57. The topological polar surface area (TPSA) is 73.6 Å². The Balaban J connectivity index is 0.00000242. The number of halogens is 1. The Hall–Kier alpha value is -1.46. The second-order valence-corrected chi connectivity index (χ2v) is 5.67. The number of hydrogen-bond donors (Lipinski definition) is 2. The van der Waals surface area contributed by atoms with Gasteiger partial charge < -0.3 is 20.5 Å². The average molecular weight is 329 g/mol. The monoisotopic (exact) mass is 328 g/mol. The van der Waals surface area contributed by atoms with Crippen molar-refractivity contribution in [3.63, 3.8) is 0 Å². The molecule has 124 valence electrons. The summed E-state index contributed by atoms with van der Waals surface area (Å²) >= 11 is 0. The van der Waals surface area contributed by atoms with Crippen LogP contribution in [0.25, 0.3) is 0 Å². The lowest BCUT2D eigenvalue weighted by Gasteiger charge is -2.25. The average Bonchev–Trinajstić information content (AvgIpc) is 2.94. The smallest absolute Gasteiger partial charge is 0.240 e. The van der Waals surface area contributed by atoms with Crippen LogP contribution in [0, 0.1) is 0 Å². The summed E-state index contributed by atoms with van der Waals surface area (Å²) in [5.74, 6) is 1.26. The molecular weight excluding hydrogens is 304 g/mol. The largest absolute Gasteiger partial charge is 0.493 e. The lowest BCUT2D eigenvalue weighted by atomic mass is 9.97. The van der Waals surface area contributed by atoms with Gasteiger partial charge in [0.25, 0.3) is 0 Å². The van der Waals surface area contributed by atoms with Crippen molar-refractivity contribution in [3.8, 4) is 11.5 Å². The molecular formula is C16H25ClN2O3. The minimum Gasteiger partial charge on any atom is -0.493 e. The highest BCUT2D eigenvalue weighted by molar-refractivity contribution is 5.86. The Bertz CT molecular complexity index is 516. The second-order valence-electron chi connectivity index (χ2n) is 5.67. The lowest BCUT2D eigenvalue weighted by molar-refractivity contribution is -0.126. The summed E-state index contributed by atoms with van der Waals surface area (Å²) in [4.78, 5) is 12.3. The zero-order chi connectivity index (χ0) is 15.5. The molecule has 1 amide bonds. The molecule has 1 unspecified atom stereocenters. The van der Waals surface area contributed by atoms with Crippen LogP contribution >= 0.6 is 12.4 Å². The van der Waals surface area contributed by atoms with Crippen molar-refractivity contribution >= 4 is 18.3 Å². The molecule has 1 aromatic rings. The van der Waals surface area contributed by atoms with Gasteiger partial charge in [-0.05, 0) is 37.5 Å². The molecule has 1 atom stereocenters. The van der Waals surface area contributed by atoms with Crippen LogP contribution in [0.4, 0.5) is 0 Å². The van der Waals surface area contributed by atoms with E-state index in [0.29, 0.717) is 11.5 Å². The molecule has 3 N–H and O–H groups in total. The van der Waals surface area contributed by atoms with Crippen LogP contribution < -0.4 is 20.5 Å². The summed E-state index contributed by atoms with van der Waals surface area (Å²) in [6, 6.07) is 5.51. The zero-order valence-corrected chi connectivity index (χ0v) is 14.2. The van der Waals surface area contributed by atoms with Crippen molar-refractivity contribution in [3.05, 3.63) is 23.8 Å². The Kier molecular flexibility index (Phi) is 6.50. The van der Waals surface area contributed by atoms with Crippen molar-refractivity contribution in [1.29, 1.82) is 0 Å². The van der Waals surface area contributed by atoms with E-state index in [2.05, 4.69) is 5.32 Å². The third-order valence-corrected chi connectivity index (χ3v) is 4.20. The van der Waals surface area contributed by atoms with Gasteiger partial charge in [0.05, 0.1) is 25.8 Å². The van der Waals surface area contributed by atoms with Crippen molar-refractivity contribution < 1.29 is 14.3 Å². The number of rotatable bonds is 5. The number of nitrogens with one attached hydrogen (secondary N) is 1. The standard InChI is InChI=1S/C16H24N2O3.ClH/c1-11(18-15(19)16(17)8-4-5-9-16)12-6-7-13(20-2)14(10-12)21-3;/h6-7,10-11H,4-5,8-9,17H2,1-3H3,(H,18,19);1H. The van der Waals surface area contributed by atoms with Crippen LogP contribution in [0.1, 0.15) is 44.2 Å². The SMILES string of the molecule is COc1ccc(C(C)NC(=O)C2(N)CCCC2)cc1OC.Cl. The van der Waals surface area contributed by atoms with Gasteiger partial charge in [0.15, 0.2) is 11.5 Å². The predicted molar refractivity (Wildman–Crippen MR) is 88.7 cm³/mol. The third-order valence-electron chi connectivity index (χ3n) is 4.20. The van der Waals surface area contributed by atoms with Gasteiger partial charge in [0, 0.05) is 0 Å². The van der Waals surface area contributed by atoms with Crippen molar-refractivity contribution in [1.82, 2.24) is 5.32 Å². The molecule has 6 heteroatoms. The lowest BCUT2D eigenvalue weighted by Crippen LogP contribution is -2.52. The summed E-state index contributed by atoms with van der Waals surface area (Å²) in [7, 11) is 3.19. The number of carbonyl (C=O) groups is 1. The molecule has 22 heavy (non-hydrogen) atoms. The first-order valence-corrected chi connectivity index (χ1v) is 7.32. The van der Waals surface area contributed by atoms with Gasteiger partial charge in [-0.1, -0.05) is 18.9 Å². The van der Waals surface area contributed by atoms with Crippen molar-refractivity contribution in [2.45, 2.75) is 44.2 Å². The Morgan fingerprint density at radius 2 is 1.82 bits per heavy atom. The fraction of sp³-hybridized carbons (Fsp3) is 0.562. The minimum atomic E-state index is -0.704. The van der Waals surface area contributed by atoms with Crippen molar-refractivity contribution in [2.24, 2.45) is 5.73 Å². The number of benzene rings is 1. The summed E-state index contributed by atoms with van der Waals surface area (Å²) < 4.78 is 10.5. The molecule has 2 rings (SSSR count).